The number of nitrogens with zero attached hydrogens (tertiary/aromatic N) is 2. The van der Waals surface area contributed by atoms with E-state index in [0.717, 1.165) is 12.1 Å². The molecule has 0 atom stereocenters. The van der Waals surface area contributed by atoms with E-state index in [2.05, 4.69) is 5.32 Å². The molecule has 0 bridgehead atoms. The van der Waals surface area contributed by atoms with Crippen LogP contribution in [0.1, 0.15) is 21.5 Å². The van der Waals surface area contributed by atoms with E-state index in [1.54, 1.807) is 0 Å². The molecule has 1 N–H and O–H groups in total. The fourth-order valence-corrected chi connectivity index (χ4v) is 2.09. The second-order valence-electron chi connectivity index (χ2n) is 5.37. The van der Waals surface area contributed by atoms with Gasteiger partial charge in [0.15, 0.2) is 11.6 Å². The molecule has 5 nitrogen and oxygen atoms in total. The maximum Gasteiger partial charge on any atom is 0.251 e. The van der Waals surface area contributed by atoms with Gasteiger partial charge in [-0.2, -0.15) is 5.26 Å². The fourth-order valence-electron chi connectivity index (χ4n) is 2.09. The van der Waals surface area contributed by atoms with Crippen LogP contribution in [0.3, 0.4) is 0 Å². The van der Waals surface area contributed by atoms with Gasteiger partial charge >= 0.3 is 0 Å². The normalized spacial score (nSPS) is 10.0. The second-order valence-corrected chi connectivity index (χ2v) is 5.37. The standard InChI is InChI=1S/C18H15F2N3O2/c1-23(11-13-4-7-15(19)16(20)8-13)17(24)10-22-18(25)14-5-2-12(9-21)3-6-14/h2-8H,10-11H2,1H3,(H,22,25). The lowest BCUT2D eigenvalue weighted by Gasteiger charge is -2.17. The van der Waals surface area contributed by atoms with Crippen LogP contribution in [0.25, 0.3) is 0 Å². The molecule has 0 aliphatic rings. The van der Waals surface area contributed by atoms with Gasteiger partial charge in [-0.15, -0.1) is 0 Å². The summed E-state index contributed by atoms with van der Waals surface area (Å²) < 4.78 is 26.1. The van der Waals surface area contributed by atoms with Crippen LogP contribution in [-0.2, 0) is 11.3 Å². The van der Waals surface area contributed by atoms with E-state index in [1.165, 1.54) is 42.3 Å². The molecule has 2 rings (SSSR count). The number of rotatable bonds is 5. The minimum absolute atomic E-state index is 0.0861. The quantitative estimate of drug-likeness (QED) is 0.905. The molecule has 0 spiro atoms. The summed E-state index contributed by atoms with van der Waals surface area (Å²) in [5.41, 5.74) is 1.20. The minimum atomic E-state index is -0.979. The van der Waals surface area contributed by atoms with Crippen molar-refractivity contribution >= 4 is 11.8 Å². The zero-order valence-electron chi connectivity index (χ0n) is 13.4. The summed E-state index contributed by atoms with van der Waals surface area (Å²) in [6.07, 6.45) is 0. The van der Waals surface area contributed by atoms with Crippen molar-refractivity contribution in [1.82, 2.24) is 10.2 Å². The largest absolute Gasteiger partial charge is 0.343 e. The fraction of sp³-hybridized carbons (Fsp3) is 0.167. The first-order valence-electron chi connectivity index (χ1n) is 7.37. The number of benzene rings is 2. The van der Waals surface area contributed by atoms with Crippen LogP contribution in [0, 0.1) is 23.0 Å². The third-order valence-electron chi connectivity index (χ3n) is 3.51. The second kappa shape index (κ2) is 8.02. The molecule has 25 heavy (non-hydrogen) atoms. The lowest BCUT2D eigenvalue weighted by Crippen LogP contribution is -2.37. The highest BCUT2D eigenvalue weighted by atomic mass is 19.2. The monoisotopic (exact) mass is 343 g/mol. The van der Waals surface area contributed by atoms with E-state index < -0.39 is 17.5 Å². The van der Waals surface area contributed by atoms with Crippen LogP contribution in [0.2, 0.25) is 0 Å². The number of hydrogen-bond donors (Lipinski definition) is 1. The van der Waals surface area contributed by atoms with Gasteiger partial charge < -0.3 is 10.2 Å². The van der Waals surface area contributed by atoms with Crippen LogP contribution in [0.4, 0.5) is 8.78 Å². The van der Waals surface area contributed by atoms with Crippen molar-refractivity contribution in [3.63, 3.8) is 0 Å². The molecular weight excluding hydrogens is 328 g/mol. The molecule has 7 heteroatoms. The van der Waals surface area contributed by atoms with Crippen molar-refractivity contribution in [3.8, 4) is 6.07 Å². The molecular formula is C18H15F2N3O2. The molecule has 2 amide bonds. The highest BCUT2D eigenvalue weighted by Gasteiger charge is 2.13. The molecule has 0 aliphatic carbocycles. The molecule has 0 fully saturated rings. The number of nitrogens with one attached hydrogen (secondary N) is 1. The summed E-state index contributed by atoms with van der Waals surface area (Å²) in [6.45, 7) is -0.151. The van der Waals surface area contributed by atoms with Crippen LogP contribution in [-0.4, -0.2) is 30.3 Å². The van der Waals surface area contributed by atoms with Crippen molar-refractivity contribution in [3.05, 3.63) is 70.8 Å². The average Bonchev–Trinajstić information content (AvgIpc) is 2.62. The van der Waals surface area contributed by atoms with Crippen molar-refractivity contribution in [2.75, 3.05) is 13.6 Å². The summed E-state index contributed by atoms with van der Waals surface area (Å²) in [7, 11) is 1.50. The van der Waals surface area contributed by atoms with Crippen LogP contribution in [0.15, 0.2) is 42.5 Å². The van der Waals surface area contributed by atoms with Gasteiger partial charge in [0.25, 0.3) is 5.91 Å². The zero-order valence-corrected chi connectivity index (χ0v) is 13.4. The maximum absolute atomic E-state index is 13.2. The van der Waals surface area contributed by atoms with E-state index >= 15 is 0 Å². The Morgan fingerprint density at radius 2 is 1.80 bits per heavy atom. The average molecular weight is 343 g/mol. The van der Waals surface area contributed by atoms with Gasteiger partial charge in [0, 0.05) is 19.2 Å². The number of amides is 2. The van der Waals surface area contributed by atoms with Crippen molar-refractivity contribution in [1.29, 1.82) is 5.26 Å². The summed E-state index contributed by atoms with van der Waals surface area (Å²) in [5.74, 6) is -2.76. The topological polar surface area (TPSA) is 73.2 Å². The third kappa shape index (κ3) is 4.85. The van der Waals surface area contributed by atoms with Gasteiger partial charge in [-0.25, -0.2) is 8.78 Å². The molecule has 0 saturated carbocycles. The molecule has 128 valence electrons. The van der Waals surface area contributed by atoms with E-state index in [9.17, 15) is 18.4 Å². The number of carbonyl (C=O) groups excluding carboxylic acids is 2. The lowest BCUT2D eigenvalue weighted by atomic mass is 10.1. The number of nitriles is 1. The number of likely N-dealkylation sites (N-methyl/N-ethyl adjacent to an activating group) is 1. The van der Waals surface area contributed by atoms with Crippen molar-refractivity contribution in [2.45, 2.75) is 6.54 Å². The van der Waals surface area contributed by atoms with E-state index in [-0.39, 0.29) is 19.0 Å². The Hall–Kier alpha value is -3.27. The van der Waals surface area contributed by atoms with Gasteiger partial charge in [0.2, 0.25) is 5.91 Å². The van der Waals surface area contributed by atoms with E-state index in [4.69, 9.17) is 5.26 Å². The molecule has 0 heterocycles. The van der Waals surface area contributed by atoms with Gasteiger partial charge in [-0.3, -0.25) is 9.59 Å². The SMILES string of the molecule is CN(Cc1ccc(F)c(F)c1)C(=O)CNC(=O)c1ccc(C#N)cc1. The van der Waals surface area contributed by atoms with Crippen LogP contribution in [0.5, 0.6) is 0 Å². The predicted molar refractivity (Wildman–Crippen MR) is 86.3 cm³/mol. The van der Waals surface area contributed by atoms with Crippen LogP contribution >= 0.6 is 0 Å². The lowest BCUT2D eigenvalue weighted by molar-refractivity contribution is -0.129. The number of halogens is 2. The van der Waals surface area contributed by atoms with Gasteiger partial charge in [-0.1, -0.05) is 6.07 Å². The molecule has 2 aromatic carbocycles. The summed E-state index contributed by atoms with van der Waals surface area (Å²) >= 11 is 0. The molecule has 2 aromatic rings. The molecule has 0 aliphatic heterocycles. The summed E-state index contributed by atoms with van der Waals surface area (Å²) in [6, 6.07) is 11.3. The number of hydrogen-bond acceptors (Lipinski definition) is 3. The van der Waals surface area contributed by atoms with Gasteiger partial charge in [0.1, 0.15) is 0 Å². The Morgan fingerprint density at radius 3 is 2.40 bits per heavy atom. The van der Waals surface area contributed by atoms with Crippen molar-refractivity contribution in [2.24, 2.45) is 0 Å². The first-order chi connectivity index (χ1) is 11.9. The first-order valence-corrected chi connectivity index (χ1v) is 7.37. The van der Waals surface area contributed by atoms with Crippen molar-refractivity contribution < 1.29 is 18.4 Å². The Labute approximate surface area is 143 Å². The summed E-state index contributed by atoms with van der Waals surface area (Å²) in [5, 5.41) is 11.2. The van der Waals surface area contributed by atoms with E-state index in [0.29, 0.717) is 16.7 Å². The molecule has 0 unspecified atom stereocenters. The Kier molecular flexibility index (Phi) is 5.79. The predicted octanol–water partition coefficient (Wildman–Crippen LogP) is 2.22. The first kappa shape index (κ1) is 18.1. The molecule has 0 saturated heterocycles. The molecule has 0 aromatic heterocycles. The van der Waals surface area contributed by atoms with Gasteiger partial charge in [0.05, 0.1) is 18.2 Å². The summed E-state index contributed by atoms with van der Waals surface area (Å²) in [4.78, 5) is 25.3. The number of carbonyl (C=O) groups is 2. The minimum Gasteiger partial charge on any atom is -0.343 e. The highest BCUT2D eigenvalue weighted by Crippen LogP contribution is 2.10. The highest BCUT2D eigenvalue weighted by molar-refractivity contribution is 5.96. The Bertz CT molecular complexity index is 829. The van der Waals surface area contributed by atoms with Crippen LogP contribution < -0.4 is 5.32 Å². The maximum atomic E-state index is 13.2. The third-order valence-corrected chi connectivity index (χ3v) is 3.51. The van der Waals surface area contributed by atoms with Gasteiger partial charge in [-0.05, 0) is 42.0 Å². The Balaban J connectivity index is 1.88. The molecule has 0 radical (unpaired) electrons. The Morgan fingerprint density at radius 1 is 1.12 bits per heavy atom. The smallest absolute Gasteiger partial charge is 0.251 e. The zero-order chi connectivity index (χ0) is 18.4. The van der Waals surface area contributed by atoms with E-state index in [1.807, 2.05) is 6.07 Å².